The second kappa shape index (κ2) is 36.4. The summed E-state index contributed by atoms with van der Waals surface area (Å²) in [7, 11) is 0. The zero-order valence-electron chi connectivity index (χ0n) is 28.5. The van der Waals surface area contributed by atoms with Crippen molar-refractivity contribution in [1.82, 2.24) is 0 Å². The molecule has 0 aliphatic heterocycles. The second-order valence-electron chi connectivity index (χ2n) is 11.5. The molecule has 0 saturated heterocycles. The topological polar surface area (TPSA) is 64.6 Å². The van der Waals surface area contributed by atoms with E-state index >= 15 is 0 Å². The number of ether oxygens (including phenoxy) is 7. The van der Waals surface area contributed by atoms with Crippen LogP contribution < -0.4 is 0 Å². The molecule has 0 aliphatic rings. The molecule has 1 rings (SSSR count). The number of unbranched alkanes of at least 4 members (excludes halogenated alkanes) is 15. The molecule has 1 aromatic carbocycles. The van der Waals surface area contributed by atoms with E-state index in [4.69, 9.17) is 33.2 Å². The van der Waals surface area contributed by atoms with Gasteiger partial charge in [0.1, 0.15) is 0 Å². The lowest BCUT2D eigenvalue weighted by Crippen LogP contribution is -2.14. The van der Waals surface area contributed by atoms with Crippen LogP contribution in [0.3, 0.4) is 0 Å². The number of rotatable bonds is 37. The lowest BCUT2D eigenvalue weighted by atomic mass is 10.0. The van der Waals surface area contributed by atoms with E-state index < -0.39 is 0 Å². The van der Waals surface area contributed by atoms with Crippen LogP contribution in [0.15, 0.2) is 30.3 Å². The van der Waals surface area contributed by atoms with E-state index in [9.17, 15) is 0 Å². The molecule has 0 heterocycles. The quantitative estimate of drug-likeness (QED) is 0.0687. The van der Waals surface area contributed by atoms with E-state index in [1.54, 1.807) is 0 Å². The SMILES string of the molecule is CCCCCCCCCCCCCCCCCCOCCOCCOCCOCCOCCOCCOCc1ccccc1. The third kappa shape index (κ3) is 32.3. The Morgan fingerprint density at radius 1 is 0.318 bits per heavy atom. The molecular formula is C37H68O7. The molecule has 7 heteroatoms. The predicted octanol–water partition coefficient (Wildman–Crippen LogP) is 8.56. The van der Waals surface area contributed by atoms with Crippen molar-refractivity contribution in [1.29, 1.82) is 0 Å². The van der Waals surface area contributed by atoms with Crippen molar-refractivity contribution in [3.63, 3.8) is 0 Å². The van der Waals surface area contributed by atoms with Crippen LogP contribution in [0.1, 0.15) is 115 Å². The molecular weight excluding hydrogens is 556 g/mol. The molecule has 0 N–H and O–H groups in total. The van der Waals surface area contributed by atoms with Gasteiger partial charge in [-0.3, -0.25) is 0 Å². The van der Waals surface area contributed by atoms with Crippen LogP contribution in [-0.4, -0.2) is 85.9 Å². The molecule has 1 aromatic rings. The summed E-state index contributed by atoms with van der Waals surface area (Å²) in [6.45, 7) is 10.7. The predicted molar refractivity (Wildman–Crippen MR) is 181 cm³/mol. The second-order valence-corrected chi connectivity index (χ2v) is 11.5. The van der Waals surface area contributed by atoms with Gasteiger partial charge in [0.2, 0.25) is 0 Å². The fourth-order valence-corrected chi connectivity index (χ4v) is 4.84. The lowest BCUT2D eigenvalue weighted by Gasteiger charge is -2.08. The third-order valence-corrected chi connectivity index (χ3v) is 7.49. The highest BCUT2D eigenvalue weighted by Gasteiger charge is 1.97. The van der Waals surface area contributed by atoms with E-state index in [0.29, 0.717) is 85.9 Å². The maximum atomic E-state index is 5.69. The van der Waals surface area contributed by atoms with Crippen molar-refractivity contribution in [2.45, 2.75) is 116 Å². The smallest absolute Gasteiger partial charge is 0.0718 e. The van der Waals surface area contributed by atoms with Crippen LogP contribution in [0.4, 0.5) is 0 Å². The summed E-state index contributed by atoms with van der Waals surface area (Å²) in [5, 5.41) is 0. The van der Waals surface area contributed by atoms with Gasteiger partial charge in [0.05, 0.1) is 85.9 Å². The highest BCUT2D eigenvalue weighted by Crippen LogP contribution is 2.13. The van der Waals surface area contributed by atoms with E-state index in [1.807, 2.05) is 18.2 Å². The monoisotopic (exact) mass is 624 g/mol. The van der Waals surface area contributed by atoms with Gasteiger partial charge in [0.15, 0.2) is 0 Å². The van der Waals surface area contributed by atoms with Crippen molar-refractivity contribution in [2.24, 2.45) is 0 Å². The van der Waals surface area contributed by atoms with Crippen LogP contribution in [0, 0.1) is 0 Å². The molecule has 44 heavy (non-hydrogen) atoms. The molecule has 0 bridgehead atoms. The average Bonchev–Trinajstić information content (AvgIpc) is 3.05. The van der Waals surface area contributed by atoms with E-state index in [0.717, 1.165) is 13.0 Å². The van der Waals surface area contributed by atoms with Crippen molar-refractivity contribution >= 4 is 0 Å². The maximum absolute atomic E-state index is 5.69. The summed E-state index contributed by atoms with van der Waals surface area (Å²) in [5.74, 6) is 0. The lowest BCUT2D eigenvalue weighted by molar-refractivity contribution is -0.0212. The summed E-state index contributed by atoms with van der Waals surface area (Å²) in [6.07, 6.45) is 22.3. The summed E-state index contributed by atoms with van der Waals surface area (Å²) < 4.78 is 38.9. The van der Waals surface area contributed by atoms with Gasteiger partial charge in [-0.2, -0.15) is 0 Å². The maximum Gasteiger partial charge on any atom is 0.0718 e. The highest BCUT2D eigenvalue weighted by molar-refractivity contribution is 5.13. The van der Waals surface area contributed by atoms with Crippen LogP contribution in [0.5, 0.6) is 0 Å². The van der Waals surface area contributed by atoms with Gasteiger partial charge in [-0.25, -0.2) is 0 Å². The zero-order valence-corrected chi connectivity index (χ0v) is 28.5. The molecule has 0 aliphatic carbocycles. The van der Waals surface area contributed by atoms with Crippen LogP contribution >= 0.6 is 0 Å². The summed E-state index contributed by atoms with van der Waals surface area (Å²) in [5.41, 5.74) is 1.17. The first-order valence-electron chi connectivity index (χ1n) is 18.0. The van der Waals surface area contributed by atoms with Crippen molar-refractivity contribution in [3.8, 4) is 0 Å². The molecule has 0 aromatic heterocycles. The average molecular weight is 625 g/mol. The molecule has 0 radical (unpaired) electrons. The minimum atomic E-state index is 0.552. The third-order valence-electron chi connectivity index (χ3n) is 7.49. The fraction of sp³-hybridized carbons (Fsp3) is 0.838. The van der Waals surface area contributed by atoms with Crippen molar-refractivity contribution in [3.05, 3.63) is 35.9 Å². The Morgan fingerprint density at radius 2 is 0.614 bits per heavy atom. The molecule has 0 atom stereocenters. The first-order chi connectivity index (χ1) is 21.9. The van der Waals surface area contributed by atoms with Crippen LogP contribution in [-0.2, 0) is 39.8 Å². The zero-order chi connectivity index (χ0) is 31.3. The van der Waals surface area contributed by atoms with Gasteiger partial charge in [-0.15, -0.1) is 0 Å². The molecule has 0 spiro atoms. The van der Waals surface area contributed by atoms with Gasteiger partial charge in [0, 0.05) is 6.61 Å². The Balaban J connectivity index is 1.61. The van der Waals surface area contributed by atoms with Gasteiger partial charge >= 0.3 is 0 Å². The Bertz CT molecular complexity index is 646. The fourth-order valence-electron chi connectivity index (χ4n) is 4.84. The largest absolute Gasteiger partial charge is 0.379 e. The molecule has 0 unspecified atom stereocenters. The molecule has 0 saturated carbocycles. The van der Waals surface area contributed by atoms with Crippen LogP contribution in [0.2, 0.25) is 0 Å². The highest BCUT2D eigenvalue weighted by atomic mass is 16.6. The molecule has 7 nitrogen and oxygen atoms in total. The minimum absolute atomic E-state index is 0.552. The first-order valence-corrected chi connectivity index (χ1v) is 18.0. The Hall–Kier alpha value is -1.06. The summed E-state index contributed by atoms with van der Waals surface area (Å²) in [6, 6.07) is 10.1. The van der Waals surface area contributed by atoms with E-state index in [2.05, 4.69) is 19.1 Å². The Morgan fingerprint density at radius 3 is 0.977 bits per heavy atom. The number of hydrogen-bond donors (Lipinski definition) is 0. The standard InChI is InChI=1S/C37H68O7/c1-2-3-4-5-6-7-8-9-10-11-12-13-14-15-16-20-23-38-24-25-39-26-27-40-28-29-41-30-31-42-32-33-43-34-35-44-36-37-21-18-17-19-22-37/h17-19,21-22H,2-16,20,23-36H2,1H3. The normalized spacial score (nSPS) is 11.5. The van der Waals surface area contributed by atoms with E-state index in [1.165, 1.54) is 102 Å². The van der Waals surface area contributed by atoms with Gasteiger partial charge in [0.25, 0.3) is 0 Å². The molecule has 258 valence electrons. The minimum Gasteiger partial charge on any atom is -0.379 e. The van der Waals surface area contributed by atoms with E-state index in [-0.39, 0.29) is 0 Å². The molecule has 0 fully saturated rings. The number of benzene rings is 1. The Labute approximate surface area is 271 Å². The first kappa shape index (κ1) is 41.0. The molecule has 0 amide bonds. The van der Waals surface area contributed by atoms with Crippen molar-refractivity contribution in [2.75, 3.05) is 85.9 Å². The summed E-state index contributed by atoms with van der Waals surface area (Å²) >= 11 is 0. The van der Waals surface area contributed by atoms with Gasteiger partial charge in [-0.1, -0.05) is 134 Å². The number of hydrogen-bond acceptors (Lipinski definition) is 7. The Kier molecular flexibility index (Phi) is 33.9. The van der Waals surface area contributed by atoms with Gasteiger partial charge in [-0.05, 0) is 12.0 Å². The van der Waals surface area contributed by atoms with Gasteiger partial charge < -0.3 is 33.2 Å². The summed E-state index contributed by atoms with van der Waals surface area (Å²) in [4.78, 5) is 0. The van der Waals surface area contributed by atoms with Crippen LogP contribution in [0.25, 0.3) is 0 Å². The van der Waals surface area contributed by atoms with Crippen molar-refractivity contribution < 1.29 is 33.2 Å².